The van der Waals surface area contributed by atoms with Gasteiger partial charge in [0, 0.05) is 18.2 Å². The summed E-state index contributed by atoms with van der Waals surface area (Å²) in [6, 6.07) is 7.21. The van der Waals surface area contributed by atoms with Gasteiger partial charge in [-0.05, 0) is 49.4 Å². The van der Waals surface area contributed by atoms with E-state index in [1.807, 2.05) is 4.90 Å². The van der Waals surface area contributed by atoms with Crippen molar-refractivity contribution in [2.75, 3.05) is 13.2 Å². The van der Waals surface area contributed by atoms with Crippen LogP contribution in [0, 0.1) is 5.92 Å². The number of likely N-dealkylation sites (tertiary alicyclic amines) is 1. The van der Waals surface area contributed by atoms with Crippen molar-refractivity contribution in [3.05, 3.63) is 29.8 Å². The highest BCUT2D eigenvalue weighted by Gasteiger charge is 2.40. The summed E-state index contributed by atoms with van der Waals surface area (Å²) in [5.41, 5.74) is 6.09. The summed E-state index contributed by atoms with van der Waals surface area (Å²) in [7, 11) is 0. The third-order valence-corrected chi connectivity index (χ3v) is 4.35. The van der Waals surface area contributed by atoms with Gasteiger partial charge in [0.2, 0.25) is 0 Å². The molecule has 112 valence electrons. The number of piperidine rings is 1. The van der Waals surface area contributed by atoms with Crippen molar-refractivity contribution in [2.45, 2.75) is 25.3 Å². The van der Waals surface area contributed by atoms with E-state index in [4.69, 9.17) is 15.7 Å². The Hall–Kier alpha value is -2.24. The van der Waals surface area contributed by atoms with Crippen LogP contribution in [0.3, 0.4) is 0 Å². The molecule has 2 fully saturated rings. The van der Waals surface area contributed by atoms with E-state index < -0.39 is 0 Å². The van der Waals surface area contributed by atoms with Gasteiger partial charge in [-0.1, -0.05) is 5.16 Å². The Labute approximate surface area is 123 Å². The average molecular weight is 289 g/mol. The lowest BCUT2D eigenvalue weighted by atomic mass is 10.1. The van der Waals surface area contributed by atoms with E-state index in [2.05, 4.69) is 5.16 Å². The molecule has 0 radical (unpaired) electrons. The lowest BCUT2D eigenvalue weighted by Crippen LogP contribution is -2.40. The van der Waals surface area contributed by atoms with Gasteiger partial charge in [0.25, 0.3) is 5.91 Å². The van der Waals surface area contributed by atoms with E-state index in [1.54, 1.807) is 24.3 Å². The summed E-state index contributed by atoms with van der Waals surface area (Å²) in [4.78, 5) is 14.1. The van der Waals surface area contributed by atoms with Crippen molar-refractivity contribution < 1.29 is 14.7 Å². The summed E-state index contributed by atoms with van der Waals surface area (Å²) in [6.07, 6.45) is 3.54. The molecule has 1 amide bonds. The van der Waals surface area contributed by atoms with E-state index in [9.17, 15) is 4.79 Å². The first-order valence-electron chi connectivity index (χ1n) is 7.17. The third kappa shape index (κ3) is 2.79. The van der Waals surface area contributed by atoms with Crippen molar-refractivity contribution in [1.29, 1.82) is 0 Å². The van der Waals surface area contributed by atoms with Crippen LogP contribution in [0.2, 0.25) is 0 Å². The zero-order chi connectivity index (χ0) is 14.8. The molecule has 6 nitrogen and oxygen atoms in total. The second-order valence-corrected chi connectivity index (χ2v) is 5.68. The topological polar surface area (TPSA) is 88.1 Å². The maximum Gasteiger partial charge on any atom is 0.260 e. The molecule has 1 aliphatic carbocycles. The third-order valence-electron chi connectivity index (χ3n) is 4.35. The number of hydrogen-bond acceptors (Lipinski definition) is 4. The van der Waals surface area contributed by atoms with Crippen LogP contribution in [0.15, 0.2) is 29.4 Å². The molecule has 2 unspecified atom stereocenters. The van der Waals surface area contributed by atoms with Gasteiger partial charge in [-0.25, -0.2) is 0 Å². The Balaban J connectivity index is 1.54. The molecule has 2 bridgehead atoms. The van der Waals surface area contributed by atoms with E-state index in [-0.39, 0.29) is 18.3 Å². The molecule has 1 heterocycles. The number of carbonyl (C=O) groups excluding carboxylic acids is 1. The molecule has 2 aliphatic rings. The van der Waals surface area contributed by atoms with Gasteiger partial charge < -0.3 is 20.6 Å². The van der Waals surface area contributed by atoms with E-state index >= 15 is 0 Å². The van der Waals surface area contributed by atoms with Crippen LogP contribution in [0.1, 0.15) is 24.8 Å². The maximum absolute atomic E-state index is 12.2. The zero-order valence-electron chi connectivity index (χ0n) is 11.7. The number of nitrogens with zero attached hydrogens (tertiary/aromatic N) is 2. The highest BCUT2D eigenvalue weighted by molar-refractivity contribution is 5.97. The minimum Gasteiger partial charge on any atom is -0.484 e. The summed E-state index contributed by atoms with van der Waals surface area (Å²) < 4.78 is 5.52. The van der Waals surface area contributed by atoms with Crippen LogP contribution in [-0.2, 0) is 4.79 Å². The summed E-state index contributed by atoms with van der Waals surface area (Å²) in [5, 5.41) is 11.5. The monoisotopic (exact) mass is 289 g/mol. The fraction of sp³-hybridized carbons (Fsp3) is 0.467. The summed E-state index contributed by atoms with van der Waals surface area (Å²) in [6.45, 7) is 0.946. The molecular weight excluding hydrogens is 270 g/mol. The van der Waals surface area contributed by atoms with Gasteiger partial charge in [0.05, 0.1) is 0 Å². The molecule has 21 heavy (non-hydrogen) atoms. The quantitative estimate of drug-likeness (QED) is 0.377. The Morgan fingerprint density at radius 1 is 1.38 bits per heavy atom. The highest BCUT2D eigenvalue weighted by atomic mass is 16.5. The largest absolute Gasteiger partial charge is 0.484 e. The number of amides is 1. The second kappa shape index (κ2) is 5.63. The van der Waals surface area contributed by atoms with Gasteiger partial charge in [0.15, 0.2) is 12.4 Å². The molecule has 0 aromatic heterocycles. The summed E-state index contributed by atoms with van der Waals surface area (Å²) in [5.74, 6) is 1.40. The molecule has 1 saturated carbocycles. The van der Waals surface area contributed by atoms with Crippen LogP contribution in [0.5, 0.6) is 5.75 Å². The zero-order valence-corrected chi connectivity index (χ0v) is 11.7. The van der Waals surface area contributed by atoms with Crippen LogP contribution < -0.4 is 10.5 Å². The Morgan fingerprint density at radius 3 is 2.71 bits per heavy atom. The SMILES string of the molecule is NC(=NO)c1ccc(OCC(=O)N2CC3CCC2C3)cc1. The molecule has 1 aromatic rings. The van der Waals surface area contributed by atoms with Crippen molar-refractivity contribution >= 4 is 11.7 Å². The normalized spacial score (nSPS) is 24.4. The number of benzene rings is 1. The fourth-order valence-corrected chi connectivity index (χ4v) is 3.24. The molecule has 1 saturated heterocycles. The first-order chi connectivity index (χ1) is 10.2. The molecular formula is C15H19N3O3. The van der Waals surface area contributed by atoms with Gasteiger partial charge in [0.1, 0.15) is 5.75 Å². The Morgan fingerprint density at radius 2 is 2.14 bits per heavy atom. The van der Waals surface area contributed by atoms with E-state index in [1.165, 1.54) is 6.42 Å². The van der Waals surface area contributed by atoms with Crippen molar-refractivity contribution in [3.8, 4) is 5.75 Å². The van der Waals surface area contributed by atoms with Crippen LogP contribution in [0.25, 0.3) is 0 Å². The van der Waals surface area contributed by atoms with Crippen molar-refractivity contribution in [3.63, 3.8) is 0 Å². The predicted molar refractivity (Wildman–Crippen MR) is 77.3 cm³/mol. The van der Waals surface area contributed by atoms with Gasteiger partial charge in [-0.2, -0.15) is 0 Å². The Kier molecular flexibility index (Phi) is 3.68. The Bertz CT molecular complexity index is 556. The van der Waals surface area contributed by atoms with Gasteiger partial charge in [-0.3, -0.25) is 4.79 Å². The second-order valence-electron chi connectivity index (χ2n) is 5.68. The van der Waals surface area contributed by atoms with Crippen molar-refractivity contribution in [2.24, 2.45) is 16.8 Å². The smallest absolute Gasteiger partial charge is 0.260 e. The molecule has 6 heteroatoms. The number of rotatable bonds is 4. The van der Waals surface area contributed by atoms with E-state index in [0.717, 1.165) is 19.4 Å². The molecule has 0 spiro atoms. The number of ether oxygens (including phenoxy) is 1. The average Bonchev–Trinajstić information content (AvgIpc) is 3.15. The minimum atomic E-state index is 0.0470. The van der Waals surface area contributed by atoms with Crippen LogP contribution >= 0.6 is 0 Å². The molecule has 3 rings (SSSR count). The first kappa shape index (κ1) is 13.7. The fourth-order valence-electron chi connectivity index (χ4n) is 3.24. The van der Waals surface area contributed by atoms with Gasteiger partial charge >= 0.3 is 0 Å². The number of hydrogen-bond donors (Lipinski definition) is 2. The molecule has 1 aliphatic heterocycles. The van der Waals surface area contributed by atoms with Crippen LogP contribution in [0.4, 0.5) is 0 Å². The first-order valence-corrected chi connectivity index (χ1v) is 7.17. The number of amidine groups is 1. The molecule has 3 N–H and O–H groups in total. The molecule has 2 atom stereocenters. The summed E-state index contributed by atoms with van der Waals surface area (Å²) >= 11 is 0. The standard InChI is InChI=1S/C15H19N3O3/c16-15(17-20)11-2-5-13(6-3-11)21-9-14(19)18-8-10-1-4-12(18)7-10/h2-3,5-6,10,12,20H,1,4,7-9H2,(H2,16,17). The lowest BCUT2D eigenvalue weighted by molar-refractivity contribution is -0.135. The number of oxime groups is 1. The van der Waals surface area contributed by atoms with Crippen molar-refractivity contribution in [1.82, 2.24) is 4.90 Å². The van der Waals surface area contributed by atoms with Gasteiger partial charge in [-0.15, -0.1) is 0 Å². The predicted octanol–water partition coefficient (Wildman–Crippen LogP) is 1.17. The number of nitrogens with two attached hydrogens (primary N) is 1. The molecule has 1 aromatic carbocycles. The van der Waals surface area contributed by atoms with E-state index in [0.29, 0.717) is 23.3 Å². The number of fused-ring (bicyclic) bond motifs is 2. The number of carbonyl (C=O) groups is 1. The van der Waals surface area contributed by atoms with Crippen LogP contribution in [-0.4, -0.2) is 41.0 Å². The highest BCUT2D eigenvalue weighted by Crippen LogP contribution is 2.37. The maximum atomic E-state index is 12.2. The lowest BCUT2D eigenvalue weighted by Gasteiger charge is -2.26. The minimum absolute atomic E-state index is 0.0470.